The van der Waals surface area contributed by atoms with Crippen molar-refractivity contribution >= 4 is 25.2 Å². The fourth-order valence-electron chi connectivity index (χ4n) is 3.16. The van der Waals surface area contributed by atoms with Crippen LogP contribution in [0.2, 0.25) is 0 Å². The van der Waals surface area contributed by atoms with E-state index in [4.69, 9.17) is 5.11 Å². The second-order valence-electron chi connectivity index (χ2n) is 6.67. The van der Waals surface area contributed by atoms with E-state index in [9.17, 15) is 13.4 Å². The van der Waals surface area contributed by atoms with Gasteiger partial charge in [-0.05, 0) is 63.0 Å². The number of hydrogen-bond donors (Lipinski definition) is 1. The minimum absolute atomic E-state index is 0.197. The molecule has 140 valence electrons. The summed E-state index contributed by atoms with van der Waals surface area (Å²) < 4.78 is 28.2. The molecule has 0 saturated carbocycles. The molecule has 2 rings (SSSR count). The van der Waals surface area contributed by atoms with Gasteiger partial charge in [0.15, 0.2) is 0 Å². The van der Waals surface area contributed by atoms with E-state index in [0.29, 0.717) is 24.2 Å². The van der Waals surface area contributed by atoms with E-state index in [1.165, 1.54) is 0 Å². The van der Waals surface area contributed by atoms with Crippen molar-refractivity contribution in [2.75, 3.05) is 0 Å². The highest BCUT2D eigenvalue weighted by molar-refractivity contribution is 6.41. The Balaban J connectivity index is 1.94. The van der Waals surface area contributed by atoms with Gasteiger partial charge in [-0.2, -0.15) is 0 Å². The van der Waals surface area contributed by atoms with E-state index in [1.54, 1.807) is 18.2 Å². The van der Waals surface area contributed by atoms with Gasteiger partial charge in [0.1, 0.15) is 0 Å². The number of aromatic nitrogens is 1. The average molecular weight is 362 g/mol. The molecule has 1 aliphatic rings. The predicted molar refractivity (Wildman–Crippen MR) is 102 cm³/mol. The Morgan fingerprint density at radius 3 is 2.50 bits per heavy atom. The number of aryl methyl sites for hydroxylation is 1. The van der Waals surface area contributed by atoms with Crippen molar-refractivity contribution in [1.29, 1.82) is 0 Å². The van der Waals surface area contributed by atoms with Gasteiger partial charge in [-0.1, -0.05) is 19.3 Å². The smallest absolute Gasteiger partial charge is 0.481 e. The molecule has 1 aromatic rings. The van der Waals surface area contributed by atoms with E-state index < -0.39 is 13.4 Å². The molecule has 2 heterocycles. The molecule has 4 nitrogen and oxygen atoms in total. The maximum absolute atomic E-state index is 13.5. The van der Waals surface area contributed by atoms with Crippen LogP contribution in [0.15, 0.2) is 34.5 Å². The number of carboxylic acid groups (broad SMARTS) is 1. The van der Waals surface area contributed by atoms with Gasteiger partial charge < -0.3 is 9.58 Å². The van der Waals surface area contributed by atoms with Crippen molar-refractivity contribution in [3.63, 3.8) is 0 Å². The molecule has 0 spiro atoms. The molecule has 0 radical (unpaired) electrons. The number of carboxylic acids is 1. The fraction of sp³-hybridized carbons (Fsp3) is 0.474. The van der Waals surface area contributed by atoms with Crippen LogP contribution in [0, 0.1) is 0 Å². The second kappa shape index (κ2) is 9.50. The third-order valence-electron chi connectivity index (χ3n) is 4.46. The normalized spacial score (nSPS) is 15.3. The van der Waals surface area contributed by atoms with Crippen LogP contribution in [-0.4, -0.2) is 28.7 Å². The van der Waals surface area contributed by atoms with E-state index in [2.05, 4.69) is 4.99 Å². The lowest BCUT2D eigenvalue weighted by molar-refractivity contribution is -0.137. The highest BCUT2D eigenvalue weighted by Crippen LogP contribution is 2.24. The number of allylic oxidation sites excluding steroid dienone is 2. The van der Waals surface area contributed by atoms with Crippen molar-refractivity contribution < 1.29 is 18.5 Å². The number of carbonyl (C=O) groups is 1. The number of unbranched alkanes of at least 4 members (excludes halogenated alkanes) is 4. The molecule has 7 heteroatoms. The highest BCUT2D eigenvalue weighted by atomic mass is 19.2. The summed E-state index contributed by atoms with van der Waals surface area (Å²) >= 11 is 0. The zero-order valence-electron chi connectivity index (χ0n) is 15.3. The third-order valence-corrected chi connectivity index (χ3v) is 4.46. The Hall–Kier alpha value is -2.18. The standard InChI is InChI=1S/C19H25BF2N2O2/c1-14-12-15(2)23-18(14)13-17-11-10-16(24(17)20(21)22)8-6-4-3-5-7-9-19(25)26/h10-13H,3-9H2,1-2H3,(H,25,26)/b18-13-. The molecular formula is C19H25BF2N2O2. The quantitative estimate of drug-likeness (QED) is 0.471. The molecule has 0 atom stereocenters. The van der Waals surface area contributed by atoms with Crippen LogP contribution in [-0.2, 0) is 11.2 Å². The van der Waals surface area contributed by atoms with Crippen molar-refractivity contribution in [2.45, 2.75) is 58.8 Å². The first kappa shape index (κ1) is 20.1. The van der Waals surface area contributed by atoms with E-state index >= 15 is 0 Å². The average Bonchev–Trinajstić information content (AvgIpc) is 3.09. The summed E-state index contributed by atoms with van der Waals surface area (Å²) in [6.45, 7) is 3.81. The Labute approximate surface area is 153 Å². The van der Waals surface area contributed by atoms with Crippen molar-refractivity contribution in [3.8, 4) is 0 Å². The lowest BCUT2D eigenvalue weighted by Crippen LogP contribution is -2.17. The topological polar surface area (TPSA) is 54.6 Å². The Kier molecular flexibility index (Phi) is 7.36. The highest BCUT2D eigenvalue weighted by Gasteiger charge is 2.23. The maximum atomic E-state index is 13.5. The number of rotatable bonds is 10. The Morgan fingerprint density at radius 2 is 1.88 bits per heavy atom. The van der Waals surface area contributed by atoms with Crippen molar-refractivity contribution in [1.82, 2.24) is 4.48 Å². The number of halogens is 2. The summed E-state index contributed by atoms with van der Waals surface area (Å²) in [5.74, 6) is -0.770. The van der Waals surface area contributed by atoms with Crippen LogP contribution in [0.1, 0.15) is 63.8 Å². The Morgan fingerprint density at radius 1 is 1.19 bits per heavy atom. The fourth-order valence-corrected chi connectivity index (χ4v) is 3.16. The molecule has 0 fully saturated rings. The first-order valence-corrected chi connectivity index (χ1v) is 9.04. The van der Waals surface area contributed by atoms with Crippen LogP contribution in [0.4, 0.5) is 8.63 Å². The zero-order valence-corrected chi connectivity index (χ0v) is 15.3. The monoisotopic (exact) mass is 362 g/mol. The number of aliphatic imine (C=N–C) groups is 1. The van der Waals surface area contributed by atoms with E-state index in [0.717, 1.165) is 47.1 Å². The molecule has 0 saturated heterocycles. The summed E-state index contributed by atoms with van der Waals surface area (Å²) in [7, 11) is -2.59. The molecule has 1 N–H and O–H groups in total. The minimum atomic E-state index is -2.59. The summed E-state index contributed by atoms with van der Waals surface area (Å²) in [6.07, 6.45) is 8.63. The molecule has 0 aromatic carbocycles. The van der Waals surface area contributed by atoms with Gasteiger partial charge in [0.2, 0.25) is 0 Å². The molecule has 1 aromatic heterocycles. The summed E-state index contributed by atoms with van der Waals surface area (Å²) in [5.41, 5.74) is 3.68. The maximum Gasteiger partial charge on any atom is 0.677 e. The molecule has 1 aliphatic heterocycles. The third kappa shape index (κ3) is 5.68. The number of nitrogens with zero attached hydrogens (tertiary/aromatic N) is 2. The van der Waals surface area contributed by atoms with Gasteiger partial charge in [0.05, 0.1) is 5.70 Å². The summed E-state index contributed by atoms with van der Waals surface area (Å²) in [4.78, 5) is 14.8. The molecule has 26 heavy (non-hydrogen) atoms. The molecule has 0 bridgehead atoms. The predicted octanol–water partition coefficient (Wildman–Crippen LogP) is 4.99. The minimum Gasteiger partial charge on any atom is -0.481 e. The van der Waals surface area contributed by atoms with Gasteiger partial charge in [0, 0.05) is 23.5 Å². The zero-order chi connectivity index (χ0) is 19.1. The molecule has 0 unspecified atom stereocenters. The van der Waals surface area contributed by atoms with Crippen LogP contribution >= 0.6 is 0 Å². The molecular weight excluding hydrogens is 337 g/mol. The van der Waals surface area contributed by atoms with E-state index in [-0.39, 0.29) is 6.42 Å². The molecule has 0 aliphatic carbocycles. The van der Waals surface area contributed by atoms with Crippen LogP contribution in [0.5, 0.6) is 0 Å². The summed E-state index contributed by atoms with van der Waals surface area (Å²) in [6, 6.07) is 3.48. The van der Waals surface area contributed by atoms with Crippen LogP contribution in [0.3, 0.4) is 0 Å². The number of aliphatic carboxylic acids is 1. The van der Waals surface area contributed by atoms with Crippen molar-refractivity contribution in [2.24, 2.45) is 4.99 Å². The van der Waals surface area contributed by atoms with Gasteiger partial charge >= 0.3 is 13.4 Å². The van der Waals surface area contributed by atoms with Gasteiger partial charge in [-0.15, -0.1) is 0 Å². The largest absolute Gasteiger partial charge is 0.677 e. The molecule has 0 amide bonds. The summed E-state index contributed by atoms with van der Waals surface area (Å²) in [5, 5.41) is 8.59. The Bertz CT molecular complexity index is 736. The lowest BCUT2D eigenvalue weighted by Gasteiger charge is -2.09. The first-order chi connectivity index (χ1) is 12.4. The van der Waals surface area contributed by atoms with Crippen molar-refractivity contribution in [3.05, 3.63) is 40.9 Å². The lowest BCUT2D eigenvalue weighted by atomic mass is 10.1. The van der Waals surface area contributed by atoms with Gasteiger partial charge in [0.25, 0.3) is 0 Å². The van der Waals surface area contributed by atoms with Crippen LogP contribution in [0.25, 0.3) is 6.08 Å². The van der Waals surface area contributed by atoms with Gasteiger partial charge in [-0.25, -0.2) is 0 Å². The van der Waals surface area contributed by atoms with E-state index in [1.807, 2.05) is 19.9 Å². The first-order valence-electron chi connectivity index (χ1n) is 9.04. The number of hydrogen-bond acceptors (Lipinski definition) is 2. The SMILES string of the molecule is CC1=CC(C)=N/C1=C\c1ccc(CCCCCCCC(=O)O)n1B(F)F. The second-order valence-corrected chi connectivity index (χ2v) is 6.67. The van der Waals surface area contributed by atoms with Crippen LogP contribution < -0.4 is 0 Å². The van der Waals surface area contributed by atoms with Gasteiger partial charge in [-0.3, -0.25) is 18.4 Å².